The van der Waals surface area contributed by atoms with Crippen molar-refractivity contribution in [3.05, 3.63) is 53.3 Å². The molecule has 0 radical (unpaired) electrons. The summed E-state index contributed by atoms with van der Waals surface area (Å²) < 4.78 is 23.4. The summed E-state index contributed by atoms with van der Waals surface area (Å²) in [5.41, 5.74) is 0.870. The fourth-order valence-corrected chi connectivity index (χ4v) is 2.62. The molecule has 2 aromatic rings. The van der Waals surface area contributed by atoms with Crippen molar-refractivity contribution >= 4 is 33.0 Å². The zero-order valence-corrected chi connectivity index (χ0v) is 12.8. The summed E-state index contributed by atoms with van der Waals surface area (Å²) in [6.45, 7) is 1.58. The fourth-order valence-electron chi connectivity index (χ4n) is 1.63. The Bertz CT molecular complexity index is 741. The van der Waals surface area contributed by atoms with Gasteiger partial charge in [0.2, 0.25) is 0 Å². The zero-order chi connectivity index (χ0) is 15.5. The molecule has 0 atom stereocenters. The average Bonchev–Trinajstić information content (AvgIpc) is 2.48. The molecular formula is C14H13ClN2O3S. The molecule has 0 unspecified atom stereocenters. The number of hydrogen-bond donors (Lipinski definition) is 1. The van der Waals surface area contributed by atoms with Gasteiger partial charge >= 0.3 is 0 Å². The van der Waals surface area contributed by atoms with Crippen molar-refractivity contribution in [3.8, 4) is 0 Å². The zero-order valence-electron chi connectivity index (χ0n) is 11.2. The van der Waals surface area contributed by atoms with Gasteiger partial charge < -0.3 is 5.32 Å². The maximum absolute atomic E-state index is 12.0. The highest BCUT2D eigenvalue weighted by Gasteiger charge is 2.12. The lowest BCUT2D eigenvalue weighted by Crippen LogP contribution is -2.12. The van der Waals surface area contributed by atoms with Crippen LogP contribution < -0.4 is 5.32 Å². The Labute approximate surface area is 127 Å². The number of hydrogen-bond acceptors (Lipinski definition) is 4. The first-order valence-electron chi connectivity index (χ1n) is 6.18. The topological polar surface area (TPSA) is 76.1 Å². The van der Waals surface area contributed by atoms with E-state index in [1.54, 1.807) is 25.1 Å². The van der Waals surface area contributed by atoms with Gasteiger partial charge in [-0.15, -0.1) is 0 Å². The number of pyridine rings is 1. The Morgan fingerprint density at radius 1 is 1.19 bits per heavy atom. The molecule has 0 aliphatic rings. The van der Waals surface area contributed by atoms with Gasteiger partial charge in [-0.1, -0.05) is 18.5 Å². The van der Waals surface area contributed by atoms with Crippen molar-refractivity contribution < 1.29 is 13.2 Å². The maximum Gasteiger partial charge on any atom is 0.257 e. The quantitative estimate of drug-likeness (QED) is 0.877. The summed E-state index contributed by atoms with van der Waals surface area (Å²) >= 11 is 5.65. The number of anilines is 1. The Balaban J connectivity index is 2.13. The fraction of sp³-hybridized carbons (Fsp3) is 0.143. The van der Waals surface area contributed by atoms with Gasteiger partial charge in [0, 0.05) is 11.9 Å². The van der Waals surface area contributed by atoms with Crippen molar-refractivity contribution in [1.29, 1.82) is 0 Å². The van der Waals surface area contributed by atoms with Crippen LogP contribution in [0.2, 0.25) is 5.15 Å². The molecule has 21 heavy (non-hydrogen) atoms. The molecular weight excluding hydrogens is 312 g/mol. The lowest BCUT2D eigenvalue weighted by molar-refractivity contribution is 0.102. The lowest BCUT2D eigenvalue weighted by atomic mass is 10.2. The van der Waals surface area contributed by atoms with Crippen molar-refractivity contribution in [2.45, 2.75) is 11.8 Å². The normalized spacial score (nSPS) is 11.1. The summed E-state index contributed by atoms with van der Waals surface area (Å²) in [4.78, 5) is 16.0. The summed E-state index contributed by atoms with van der Waals surface area (Å²) in [7, 11) is -3.24. The number of amides is 1. The van der Waals surface area contributed by atoms with E-state index in [4.69, 9.17) is 11.6 Å². The minimum Gasteiger partial charge on any atom is -0.322 e. The molecule has 0 fully saturated rings. The smallest absolute Gasteiger partial charge is 0.257 e. The van der Waals surface area contributed by atoms with Crippen LogP contribution in [0.1, 0.15) is 17.3 Å². The van der Waals surface area contributed by atoms with Crippen LogP contribution in [0.5, 0.6) is 0 Å². The van der Waals surface area contributed by atoms with Crippen LogP contribution in [0.4, 0.5) is 5.69 Å². The van der Waals surface area contributed by atoms with Gasteiger partial charge in [-0.3, -0.25) is 4.79 Å². The number of aromatic nitrogens is 1. The van der Waals surface area contributed by atoms with Gasteiger partial charge in [0.15, 0.2) is 9.84 Å². The highest BCUT2D eigenvalue weighted by atomic mass is 35.5. The number of halogens is 1. The molecule has 1 aromatic carbocycles. The Kier molecular flexibility index (Phi) is 4.59. The predicted octanol–water partition coefficient (Wildman–Crippen LogP) is 2.78. The van der Waals surface area contributed by atoms with Crippen LogP contribution in [-0.2, 0) is 9.84 Å². The van der Waals surface area contributed by atoms with E-state index in [9.17, 15) is 13.2 Å². The predicted molar refractivity (Wildman–Crippen MR) is 81.4 cm³/mol. The number of nitrogens with one attached hydrogen (secondary N) is 1. The van der Waals surface area contributed by atoms with Crippen LogP contribution >= 0.6 is 11.6 Å². The van der Waals surface area contributed by atoms with E-state index in [-0.39, 0.29) is 16.6 Å². The van der Waals surface area contributed by atoms with Crippen molar-refractivity contribution in [2.24, 2.45) is 0 Å². The van der Waals surface area contributed by atoms with E-state index in [0.29, 0.717) is 16.4 Å². The number of carbonyl (C=O) groups is 1. The average molecular weight is 325 g/mol. The SMILES string of the molecule is CCS(=O)(=O)c1ccc(NC(=O)c2ccc(Cl)nc2)cc1. The number of nitrogens with zero attached hydrogens (tertiary/aromatic N) is 1. The van der Waals surface area contributed by atoms with Gasteiger partial charge in [-0.25, -0.2) is 13.4 Å². The maximum atomic E-state index is 12.0. The minimum absolute atomic E-state index is 0.0369. The number of rotatable bonds is 4. The second-order valence-corrected chi connectivity index (χ2v) is 6.92. The second-order valence-electron chi connectivity index (χ2n) is 4.25. The third-order valence-corrected chi connectivity index (χ3v) is 4.81. The van der Waals surface area contributed by atoms with Crippen molar-refractivity contribution in [2.75, 3.05) is 11.1 Å². The van der Waals surface area contributed by atoms with Gasteiger partial charge in [0.05, 0.1) is 16.2 Å². The van der Waals surface area contributed by atoms with Crippen molar-refractivity contribution in [1.82, 2.24) is 4.98 Å². The molecule has 7 heteroatoms. The summed E-state index contributed by atoms with van der Waals surface area (Å²) in [5, 5.41) is 2.96. The van der Waals surface area contributed by atoms with E-state index >= 15 is 0 Å². The largest absolute Gasteiger partial charge is 0.322 e. The summed E-state index contributed by atoms with van der Waals surface area (Å²) in [6, 6.07) is 9.10. The van der Waals surface area contributed by atoms with Crippen LogP contribution in [0, 0.1) is 0 Å². The molecule has 1 heterocycles. The number of benzene rings is 1. The van der Waals surface area contributed by atoms with Crippen LogP contribution in [0.15, 0.2) is 47.5 Å². The first kappa shape index (κ1) is 15.5. The first-order chi connectivity index (χ1) is 9.92. The van der Waals surface area contributed by atoms with Crippen LogP contribution in [0.3, 0.4) is 0 Å². The first-order valence-corrected chi connectivity index (χ1v) is 8.21. The highest BCUT2D eigenvalue weighted by Crippen LogP contribution is 2.16. The molecule has 2 rings (SSSR count). The van der Waals surface area contributed by atoms with Crippen molar-refractivity contribution in [3.63, 3.8) is 0 Å². The molecule has 0 saturated carbocycles. The number of sulfone groups is 1. The molecule has 110 valence electrons. The molecule has 1 aromatic heterocycles. The standard InChI is InChI=1S/C14H13ClN2O3S/c1-2-21(19,20)12-6-4-11(5-7-12)17-14(18)10-3-8-13(15)16-9-10/h3-9H,2H2,1H3,(H,17,18). The van der Waals surface area contributed by atoms with E-state index in [1.807, 2.05) is 0 Å². The molecule has 0 bridgehead atoms. The third kappa shape index (κ3) is 3.80. The minimum atomic E-state index is -3.24. The lowest BCUT2D eigenvalue weighted by Gasteiger charge is -2.06. The Hall–Kier alpha value is -1.92. The molecule has 0 spiro atoms. The van der Waals surface area contributed by atoms with E-state index in [1.165, 1.54) is 24.4 Å². The van der Waals surface area contributed by atoms with Gasteiger partial charge in [0.25, 0.3) is 5.91 Å². The molecule has 0 aliphatic heterocycles. The third-order valence-electron chi connectivity index (χ3n) is 2.84. The highest BCUT2D eigenvalue weighted by molar-refractivity contribution is 7.91. The molecule has 1 N–H and O–H groups in total. The molecule has 0 aliphatic carbocycles. The van der Waals surface area contributed by atoms with Gasteiger partial charge in [-0.05, 0) is 36.4 Å². The summed E-state index contributed by atoms with van der Waals surface area (Å²) in [6.07, 6.45) is 1.37. The molecule has 5 nitrogen and oxygen atoms in total. The van der Waals surface area contributed by atoms with Gasteiger partial charge in [0.1, 0.15) is 5.15 Å². The van der Waals surface area contributed by atoms with E-state index in [2.05, 4.69) is 10.3 Å². The van der Waals surface area contributed by atoms with Crippen LogP contribution in [0.25, 0.3) is 0 Å². The summed E-state index contributed by atoms with van der Waals surface area (Å²) in [5.74, 6) is -0.305. The second kappa shape index (κ2) is 6.24. The van der Waals surface area contributed by atoms with Gasteiger partial charge in [-0.2, -0.15) is 0 Å². The Morgan fingerprint density at radius 2 is 1.86 bits per heavy atom. The molecule has 0 saturated heterocycles. The molecule has 1 amide bonds. The van der Waals surface area contributed by atoms with E-state index in [0.717, 1.165) is 0 Å². The number of carbonyl (C=O) groups excluding carboxylic acids is 1. The monoisotopic (exact) mass is 324 g/mol. The Morgan fingerprint density at radius 3 is 2.38 bits per heavy atom. The van der Waals surface area contributed by atoms with Crippen LogP contribution in [-0.4, -0.2) is 25.1 Å². The van der Waals surface area contributed by atoms with E-state index < -0.39 is 9.84 Å².